The van der Waals surface area contributed by atoms with E-state index in [2.05, 4.69) is 31.3 Å². The van der Waals surface area contributed by atoms with E-state index < -0.39 is 0 Å². The quantitative estimate of drug-likeness (QED) is 0.551. The molecule has 4 aromatic rings. The zero-order valence-corrected chi connectivity index (χ0v) is 15.0. The number of aldehydes is 1. The summed E-state index contributed by atoms with van der Waals surface area (Å²) < 4.78 is 1.71. The van der Waals surface area contributed by atoms with Gasteiger partial charge in [0.05, 0.1) is 11.9 Å². The average Bonchev–Trinajstić information content (AvgIpc) is 3.10. The van der Waals surface area contributed by atoms with Crippen LogP contribution in [0.4, 0.5) is 5.82 Å². The summed E-state index contributed by atoms with van der Waals surface area (Å²) in [4.78, 5) is 28.5. The minimum atomic E-state index is 0.491. The van der Waals surface area contributed by atoms with E-state index in [-0.39, 0.29) is 0 Å². The number of anilines is 1. The third kappa shape index (κ3) is 3.27. The first-order valence-corrected chi connectivity index (χ1v) is 8.55. The Bertz CT molecular complexity index is 1130. The summed E-state index contributed by atoms with van der Waals surface area (Å²) in [6, 6.07) is 6.10. The van der Waals surface area contributed by atoms with Crippen LogP contribution in [0.5, 0.6) is 0 Å². The Hall–Kier alpha value is -3.61. The number of carbonyl (C=O) groups is 1. The van der Waals surface area contributed by atoms with E-state index in [0.29, 0.717) is 23.7 Å². The predicted molar refractivity (Wildman–Crippen MR) is 103 cm³/mol. The Morgan fingerprint density at radius 1 is 1.07 bits per heavy atom. The molecule has 4 heterocycles. The van der Waals surface area contributed by atoms with Crippen molar-refractivity contribution in [2.45, 2.75) is 20.4 Å². The first-order chi connectivity index (χ1) is 13.2. The molecule has 0 fully saturated rings. The van der Waals surface area contributed by atoms with Crippen molar-refractivity contribution < 1.29 is 4.79 Å². The van der Waals surface area contributed by atoms with Crippen molar-refractivity contribution in [3.8, 4) is 11.3 Å². The molecule has 134 valence electrons. The molecule has 0 saturated heterocycles. The number of hydrogen-bond acceptors (Lipinski definition) is 6. The molecule has 7 nitrogen and oxygen atoms in total. The van der Waals surface area contributed by atoms with Gasteiger partial charge in [0.15, 0.2) is 17.8 Å². The van der Waals surface area contributed by atoms with Gasteiger partial charge in [-0.25, -0.2) is 9.97 Å². The second-order valence-electron chi connectivity index (χ2n) is 6.32. The van der Waals surface area contributed by atoms with Crippen molar-refractivity contribution in [1.29, 1.82) is 0 Å². The van der Waals surface area contributed by atoms with Crippen molar-refractivity contribution in [1.82, 2.24) is 24.3 Å². The fourth-order valence-electron chi connectivity index (χ4n) is 3.06. The Balaban J connectivity index is 1.57. The third-order valence-electron chi connectivity index (χ3n) is 4.34. The molecule has 0 aliphatic rings. The van der Waals surface area contributed by atoms with E-state index >= 15 is 0 Å². The fraction of sp³-hybridized carbons (Fsp3) is 0.150. The van der Waals surface area contributed by atoms with E-state index in [9.17, 15) is 4.79 Å². The highest BCUT2D eigenvalue weighted by molar-refractivity contribution is 5.76. The molecule has 4 rings (SSSR count). The number of pyridine rings is 2. The number of fused-ring (bicyclic) bond motifs is 1. The molecule has 0 aromatic carbocycles. The number of nitrogens with zero attached hydrogens (tertiary/aromatic N) is 5. The lowest BCUT2D eigenvalue weighted by Crippen LogP contribution is -2.05. The summed E-state index contributed by atoms with van der Waals surface area (Å²) in [7, 11) is 0. The molecule has 4 aromatic heterocycles. The lowest BCUT2D eigenvalue weighted by atomic mass is 10.1. The Kier molecular flexibility index (Phi) is 4.33. The zero-order valence-electron chi connectivity index (χ0n) is 15.0. The van der Waals surface area contributed by atoms with Crippen molar-refractivity contribution in [2.75, 3.05) is 5.32 Å². The molecule has 0 aliphatic heterocycles. The largest absolute Gasteiger partial charge is 0.363 e. The molecule has 1 N–H and O–H groups in total. The minimum Gasteiger partial charge on any atom is -0.363 e. The van der Waals surface area contributed by atoms with Gasteiger partial charge in [0.25, 0.3) is 0 Å². The molecular weight excluding hydrogens is 340 g/mol. The Morgan fingerprint density at radius 2 is 1.96 bits per heavy atom. The van der Waals surface area contributed by atoms with Gasteiger partial charge < -0.3 is 5.32 Å². The Labute approximate surface area is 156 Å². The number of nitrogens with one attached hydrogen (secondary N) is 1. The van der Waals surface area contributed by atoms with Gasteiger partial charge in [-0.15, -0.1) is 0 Å². The van der Waals surface area contributed by atoms with E-state index in [1.54, 1.807) is 23.0 Å². The monoisotopic (exact) mass is 358 g/mol. The molecule has 0 spiro atoms. The van der Waals surface area contributed by atoms with Crippen molar-refractivity contribution in [2.24, 2.45) is 0 Å². The molecule has 27 heavy (non-hydrogen) atoms. The van der Waals surface area contributed by atoms with Gasteiger partial charge in [-0.1, -0.05) is 6.07 Å². The van der Waals surface area contributed by atoms with Crippen LogP contribution in [0.15, 0.2) is 49.2 Å². The van der Waals surface area contributed by atoms with Crippen LogP contribution in [0.25, 0.3) is 16.9 Å². The van der Waals surface area contributed by atoms with Gasteiger partial charge in [-0.05, 0) is 37.1 Å². The van der Waals surface area contributed by atoms with E-state index in [0.717, 1.165) is 34.4 Å². The maximum atomic E-state index is 11.1. The van der Waals surface area contributed by atoms with E-state index in [1.807, 2.05) is 32.2 Å². The Morgan fingerprint density at radius 3 is 2.74 bits per heavy atom. The lowest BCUT2D eigenvalue weighted by molar-refractivity contribution is 0.111. The molecule has 0 unspecified atom stereocenters. The van der Waals surface area contributed by atoms with Crippen LogP contribution in [0, 0.1) is 13.8 Å². The van der Waals surface area contributed by atoms with Crippen LogP contribution in [-0.2, 0) is 6.54 Å². The van der Waals surface area contributed by atoms with Crippen molar-refractivity contribution in [3.05, 3.63) is 71.7 Å². The SMILES string of the molecule is Cc1cc(-c2ncc(CNc3nccn4c(C=O)cnc34)cc2C)ccn1. The van der Waals surface area contributed by atoms with Gasteiger partial charge >= 0.3 is 0 Å². The molecule has 0 radical (unpaired) electrons. The normalized spacial score (nSPS) is 10.9. The molecule has 0 atom stereocenters. The number of aryl methyl sites for hydroxylation is 2. The molecule has 0 amide bonds. The number of rotatable bonds is 5. The highest BCUT2D eigenvalue weighted by Crippen LogP contribution is 2.22. The molecule has 0 aliphatic carbocycles. The molecular formula is C20H18N6O. The second kappa shape index (κ2) is 6.95. The molecule has 7 heteroatoms. The number of imidazole rings is 1. The van der Waals surface area contributed by atoms with Crippen LogP contribution in [0.2, 0.25) is 0 Å². The van der Waals surface area contributed by atoms with Gasteiger partial charge in [-0.2, -0.15) is 0 Å². The highest BCUT2D eigenvalue weighted by Gasteiger charge is 2.09. The molecule has 0 saturated carbocycles. The maximum Gasteiger partial charge on any atom is 0.180 e. The molecule has 0 bridgehead atoms. The van der Waals surface area contributed by atoms with Crippen LogP contribution in [0.3, 0.4) is 0 Å². The van der Waals surface area contributed by atoms with Gasteiger partial charge in [-0.3, -0.25) is 19.2 Å². The van der Waals surface area contributed by atoms with Crippen molar-refractivity contribution in [3.63, 3.8) is 0 Å². The summed E-state index contributed by atoms with van der Waals surface area (Å²) in [5, 5.41) is 3.28. The number of hydrogen-bond donors (Lipinski definition) is 1. The summed E-state index contributed by atoms with van der Waals surface area (Å²) >= 11 is 0. The fourth-order valence-corrected chi connectivity index (χ4v) is 3.06. The first kappa shape index (κ1) is 16.8. The van der Waals surface area contributed by atoms with Gasteiger partial charge in [0.1, 0.15) is 5.69 Å². The van der Waals surface area contributed by atoms with Crippen LogP contribution >= 0.6 is 0 Å². The lowest BCUT2D eigenvalue weighted by Gasteiger charge is -2.10. The topological polar surface area (TPSA) is 85.1 Å². The van der Waals surface area contributed by atoms with Gasteiger partial charge in [0, 0.05) is 42.6 Å². The number of aromatic nitrogens is 5. The van der Waals surface area contributed by atoms with E-state index in [4.69, 9.17) is 0 Å². The van der Waals surface area contributed by atoms with Crippen molar-refractivity contribution >= 4 is 17.8 Å². The summed E-state index contributed by atoms with van der Waals surface area (Å²) in [5.74, 6) is 0.622. The zero-order chi connectivity index (χ0) is 18.8. The standard InChI is InChI=1S/C20H18N6O/c1-13-7-15(9-23-18(13)16-3-4-21-14(2)8-16)10-24-19-20-25-11-17(12-27)26(20)6-5-22-19/h3-9,11-12H,10H2,1-2H3,(H,22,24). The van der Waals surface area contributed by atoms with Gasteiger partial charge in [0.2, 0.25) is 0 Å². The highest BCUT2D eigenvalue weighted by atomic mass is 16.1. The smallest absolute Gasteiger partial charge is 0.180 e. The second-order valence-corrected chi connectivity index (χ2v) is 6.32. The first-order valence-electron chi connectivity index (χ1n) is 8.55. The van der Waals surface area contributed by atoms with Crippen LogP contribution < -0.4 is 5.32 Å². The van der Waals surface area contributed by atoms with Crippen LogP contribution in [0.1, 0.15) is 27.3 Å². The predicted octanol–water partition coefficient (Wildman–Crippen LogP) is 3.23. The van der Waals surface area contributed by atoms with E-state index in [1.165, 1.54) is 6.20 Å². The maximum absolute atomic E-state index is 11.1. The summed E-state index contributed by atoms with van der Waals surface area (Å²) in [6.45, 7) is 4.57. The minimum absolute atomic E-state index is 0.491. The van der Waals surface area contributed by atoms with Crippen LogP contribution in [-0.4, -0.2) is 30.6 Å². The summed E-state index contributed by atoms with van der Waals surface area (Å²) in [6.07, 6.45) is 9.32. The summed E-state index contributed by atoms with van der Waals surface area (Å²) in [5.41, 5.74) is 6.22. The number of carbonyl (C=O) groups excluding carboxylic acids is 1. The third-order valence-corrected chi connectivity index (χ3v) is 4.34. The average molecular weight is 358 g/mol.